The molecule has 0 radical (unpaired) electrons. The molecule has 2 aromatic rings. The van der Waals surface area contributed by atoms with Crippen molar-refractivity contribution >= 4 is 5.82 Å². The molecule has 0 aliphatic heterocycles. The first-order valence-electron chi connectivity index (χ1n) is 5.78. The van der Waals surface area contributed by atoms with Gasteiger partial charge < -0.3 is 9.88 Å². The highest BCUT2D eigenvalue weighted by Crippen LogP contribution is 2.10. The van der Waals surface area contributed by atoms with Crippen LogP contribution in [0.25, 0.3) is 0 Å². The summed E-state index contributed by atoms with van der Waals surface area (Å²) in [6.45, 7) is 6.46. The zero-order valence-electron chi connectivity index (χ0n) is 10.8. The molecule has 6 nitrogen and oxygen atoms in total. The highest BCUT2D eigenvalue weighted by Gasteiger charge is 2.16. The lowest BCUT2D eigenvalue weighted by molar-refractivity contribution is 0.383. The fraction of sp³-hybridized carbons (Fsp3) is 0.417. The van der Waals surface area contributed by atoms with Gasteiger partial charge in [0.2, 0.25) is 0 Å². The second kappa shape index (κ2) is 4.64. The van der Waals surface area contributed by atoms with E-state index in [1.54, 1.807) is 29.4 Å². The second-order valence-electron chi connectivity index (χ2n) is 5.08. The predicted octanol–water partition coefficient (Wildman–Crippen LogP) is 1.33. The van der Waals surface area contributed by atoms with Crippen LogP contribution in [0.2, 0.25) is 0 Å². The molecule has 2 aromatic heterocycles. The van der Waals surface area contributed by atoms with E-state index < -0.39 is 0 Å². The molecule has 18 heavy (non-hydrogen) atoms. The largest absolute Gasteiger partial charge is 0.361 e. The molecule has 2 N–H and O–H groups in total. The molecule has 0 bridgehead atoms. The SMILES string of the molecule is CC(C)(C)n1ccnc(NCc2cn[nH]c2)c1=O. The van der Waals surface area contributed by atoms with Crippen LogP contribution in [0.5, 0.6) is 0 Å². The van der Waals surface area contributed by atoms with E-state index >= 15 is 0 Å². The molecule has 6 heteroatoms. The van der Waals surface area contributed by atoms with Crippen molar-refractivity contribution in [3.8, 4) is 0 Å². The molecule has 0 unspecified atom stereocenters. The Bertz CT molecular complexity index is 565. The number of nitrogens with zero attached hydrogens (tertiary/aromatic N) is 3. The monoisotopic (exact) mass is 247 g/mol. The normalized spacial score (nSPS) is 11.5. The van der Waals surface area contributed by atoms with Crippen molar-refractivity contribution in [3.05, 3.63) is 40.7 Å². The van der Waals surface area contributed by atoms with Crippen molar-refractivity contribution in [1.82, 2.24) is 19.7 Å². The Morgan fingerprint density at radius 3 is 2.83 bits per heavy atom. The van der Waals surface area contributed by atoms with E-state index in [0.29, 0.717) is 12.4 Å². The Morgan fingerprint density at radius 2 is 2.22 bits per heavy atom. The van der Waals surface area contributed by atoms with E-state index in [1.165, 1.54) is 0 Å². The van der Waals surface area contributed by atoms with Crippen LogP contribution in [0.3, 0.4) is 0 Å². The lowest BCUT2D eigenvalue weighted by Gasteiger charge is -2.22. The quantitative estimate of drug-likeness (QED) is 0.858. The standard InChI is InChI=1S/C12H17N5O/c1-12(2,3)17-5-4-13-10(11(17)18)14-6-9-7-15-16-8-9/h4-5,7-8H,6H2,1-3H3,(H,13,14)(H,15,16). The van der Waals surface area contributed by atoms with Gasteiger partial charge in [-0.15, -0.1) is 0 Å². The van der Waals surface area contributed by atoms with Gasteiger partial charge in [0.1, 0.15) is 0 Å². The molecule has 0 fully saturated rings. The van der Waals surface area contributed by atoms with Gasteiger partial charge in [0.25, 0.3) is 5.56 Å². The zero-order valence-corrected chi connectivity index (χ0v) is 10.8. The summed E-state index contributed by atoms with van der Waals surface area (Å²) in [5.41, 5.74) is 0.599. The maximum atomic E-state index is 12.2. The van der Waals surface area contributed by atoms with Crippen molar-refractivity contribution in [2.75, 3.05) is 5.32 Å². The summed E-state index contributed by atoms with van der Waals surface area (Å²) >= 11 is 0. The van der Waals surface area contributed by atoms with Gasteiger partial charge in [0.15, 0.2) is 5.82 Å². The van der Waals surface area contributed by atoms with Crippen molar-refractivity contribution in [2.24, 2.45) is 0 Å². The predicted molar refractivity (Wildman–Crippen MR) is 69.4 cm³/mol. The van der Waals surface area contributed by atoms with Crippen molar-refractivity contribution < 1.29 is 0 Å². The van der Waals surface area contributed by atoms with Gasteiger partial charge in [0.05, 0.1) is 6.20 Å². The minimum Gasteiger partial charge on any atom is -0.361 e. The van der Waals surface area contributed by atoms with Gasteiger partial charge in [-0.05, 0) is 20.8 Å². The lowest BCUT2D eigenvalue weighted by Crippen LogP contribution is -2.35. The molecule has 0 aliphatic rings. The Balaban J connectivity index is 2.22. The number of rotatable bonds is 3. The minimum absolute atomic E-state index is 0.117. The molecular formula is C12H17N5O. The molecule has 0 aromatic carbocycles. The van der Waals surface area contributed by atoms with Crippen LogP contribution in [0.15, 0.2) is 29.6 Å². The van der Waals surface area contributed by atoms with E-state index in [-0.39, 0.29) is 11.1 Å². The molecule has 0 saturated carbocycles. The number of aromatic nitrogens is 4. The third-order valence-corrected chi connectivity index (χ3v) is 2.58. The van der Waals surface area contributed by atoms with E-state index in [0.717, 1.165) is 5.56 Å². The Morgan fingerprint density at radius 1 is 1.44 bits per heavy atom. The second-order valence-corrected chi connectivity index (χ2v) is 5.08. The average Bonchev–Trinajstić information content (AvgIpc) is 2.79. The molecule has 0 aliphatic carbocycles. The molecular weight excluding hydrogens is 230 g/mol. The Kier molecular flexibility index (Phi) is 3.18. The van der Waals surface area contributed by atoms with E-state index in [9.17, 15) is 4.79 Å². The van der Waals surface area contributed by atoms with Crippen LogP contribution in [0, 0.1) is 0 Å². The highest BCUT2D eigenvalue weighted by atomic mass is 16.1. The van der Waals surface area contributed by atoms with Gasteiger partial charge in [-0.2, -0.15) is 5.10 Å². The molecule has 0 saturated heterocycles. The summed E-state index contributed by atoms with van der Waals surface area (Å²) in [6, 6.07) is 0. The van der Waals surface area contributed by atoms with Crippen LogP contribution in [0.1, 0.15) is 26.3 Å². The van der Waals surface area contributed by atoms with Crippen molar-refractivity contribution in [3.63, 3.8) is 0 Å². The molecule has 0 spiro atoms. The number of aromatic amines is 1. The van der Waals surface area contributed by atoms with Gasteiger partial charge in [-0.1, -0.05) is 0 Å². The fourth-order valence-electron chi connectivity index (χ4n) is 1.62. The molecule has 0 amide bonds. The number of hydrogen-bond acceptors (Lipinski definition) is 4. The van der Waals surface area contributed by atoms with Crippen molar-refractivity contribution in [2.45, 2.75) is 32.9 Å². The van der Waals surface area contributed by atoms with Gasteiger partial charge in [-0.3, -0.25) is 9.89 Å². The first-order chi connectivity index (χ1) is 8.48. The summed E-state index contributed by atoms with van der Waals surface area (Å²) in [7, 11) is 0. The summed E-state index contributed by atoms with van der Waals surface area (Å²) in [5.74, 6) is 0.355. The lowest BCUT2D eigenvalue weighted by atomic mass is 10.1. The number of hydrogen-bond donors (Lipinski definition) is 2. The van der Waals surface area contributed by atoms with Crippen LogP contribution < -0.4 is 10.9 Å². The number of anilines is 1. The topological polar surface area (TPSA) is 75.6 Å². The Labute approximate surface area is 105 Å². The smallest absolute Gasteiger partial charge is 0.293 e. The molecule has 2 heterocycles. The molecule has 96 valence electrons. The van der Waals surface area contributed by atoms with Crippen LogP contribution in [0.4, 0.5) is 5.82 Å². The number of H-pyrrole nitrogens is 1. The van der Waals surface area contributed by atoms with Crippen molar-refractivity contribution in [1.29, 1.82) is 0 Å². The maximum absolute atomic E-state index is 12.2. The zero-order chi connectivity index (χ0) is 13.2. The first-order valence-corrected chi connectivity index (χ1v) is 5.78. The van der Waals surface area contributed by atoms with Crippen LogP contribution in [-0.4, -0.2) is 19.7 Å². The van der Waals surface area contributed by atoms with Gasteiger partial charge >= 0.3 is 0 Å². The third kappa shape index (κ3) is 2.58. The molecule has 2 rings (SSSR count). The molecule has 0 atom stereocenters. The Hall–Kier alpha value is -2.11. The summed E-state index contributed by atoms with van der Waals surface area (Å²) < 4.78 is 1.66. The van der Waals surface area contributed by atoms with E-state index in [2.05, 4.69) is 20.5 Å². The summed E-state index contributed by atoms with van der Waals surface area (Å²) in [4.78, 5) is 16.3. The van der Waals surface area contributed by atoms with E-state index in [4.69, 9.17) is 0 Å². The fourth-order valence-corrected chi connectivity index (χ4v) is 1.62. The highest BCUT2D eigenvalue weighted by molar-refractivity contribution is 5.32. The van der Waals surface area contributed by atoms with Gasteiger partial charge in [0, 0.05) is 36.2 Å². The third-order valence-electron chi connectivity index (χ3n) is 2.58. The number of nitrogens with one attached hydrogen (secondary N) is 2. The van der Waals surface area contributed by atoms with Crippen LogP contribution >= 0.6 is 0 Å². The van der Waals surface area contributed by atoms with Crippen LogP contribution in [-0.2, 0) is 12.1 Å². The minimum atomic E-state index is -0.258. The average molecular weight is 247 g/mol. The first kappa shape index (κ1) is 12.3. The van der Waals surface area contributed by atoms with E-state index in [1.807, 2.05) is 20.8 Å². The van der Waals surface area contributed by atoms with Gasteiger partial charge in [-0.25, -0.2) is 4.98 Å². The summed E-state index contributed by atoms with van der Waals surface area (Å²) in [5, 5.41) is 9.59. The maximum Gasteiger partial charge on any atom is 0.293 e. The summed E-state index contributed by atoms with van der Waals surface area (Å²) in [6.07, 6.45) is 6.81.